The van der Waals surface area contributed by atoms with Gasteiger partial charge in [-0.1, -0.05) is 22.9 Å². The van der Waals surface area contributed by atoms with Gasteiger partial charge >= 0.3 is 5.97 Å². The fraction of sp³-hybridized carbons (Fsp3) is 0.0625. The van der Waals surface area contributed by atoms with Gasteiger partial charge in [0.25, 0.3) is 0 Å². The molecule has 1 N–H and O–H groups in total. The average Bonchev–Trinajstić information content (AvgIpc) is 2.99. The van der Waals surface area contributed by atoms with Gasteiger partial charge in [0.1, 0.15) is 5.69 Å². The molecule has 0 bridgehead atoms. The maximum atomic E-state index is 10.9. The Balaban J connectivity index is 1.96. The molecule has 0 fully saturated rings. The molecule has 3 rings (SSSR count). The molecule has 5 nitrogen and oxygen atoms in total. The molecule has 3 aromatic rings. The van der Waals surface area contributed by atoms with E-state index in [1.54, 1.807) is 23.0 Å². The van der Waals surface area contributed by atoms with Crippen LogP contribution in [0.15, 0.2) is 48.7 Å². The van der Waals surface area contributed by atoms with Gasteiger partial charge in [-0.15, -0.1) is 5.10 Å². The van der Waals surface area contributed by atoms with Gasteiger partial charge in [0, 0.05) is 10.6 Å². The van der Waals surface area contributed by atoms with Crippen LogP contribution in [0.2, 0.25) is 5.02 Å². The largest absolute Gasteiger partial charge is 0.478 e. The summed E-state index contributed by atoms with van der Waals surface area (Å²) >= 11 is 6.03. The monoisotopic (exact) mass is 313 g/mol. The minimum Gasteiger partial charge on any atom is -0.478 e. The smallest absolute Gasteiger partial charge is 0.335 e. The SMILES string of the molecule is Cc1ccc(Cl)cc1-c1cn(-c2ccc(C(=O)O)cc2)nn1. The van der Waals surface area contributed by atoms with Gasteiger partial charge < -0.3 is 5.11 Å². The summed E-state index contributed by atoms with van der Waals surface area (Å²) in [5.74, 6) is -0.958. The van der Waals surface area contributed by atoms with Crippen LogP contribution >= 0.6 is 11.6 Å². The van der Waals surface area contributed by atoms with Crippen LogP contribution in [0.1, 0.15) is 15.9 Å². The molecule has 0 unspecified atom stereocenters. The predicted molar refractivity (Wildman–Crippen MR) is 83.5 cm³/mol. The second-order valence-corrected chi connectivity index (χ2v) is 5.30. The summed E-state index contributed by atoms with van der Waals surface area (Å²) in [5.41, 5.74) is 3.65. The number of aromatic nitrogens is 3. The number of carboxylic acid groups (broad SMARTS) is 1. The molecule has 0 spiro atoms. The first-order valence-electron chi connectivity index (χ1n) is 6.57. The van der Waals surface area contributed by atoms with Crippen LogP contribution in [0.5, 0.6) is 0 Å². The minimum absolute atomic E-state index is 0.231. The van der Waals surface area contributed by atoms with Crippen LogP contribution in [0.3, 0.4) is 0 Å². The lowest BCUT2D eigenvalue weighted by Crippen LogP contribution is -1.98. The Morgan fingerprint density at radius 2 is 1.91 bits per heavy atom. The van der Waals surface area contributed by atoms with Crippen LogP contribution in [0.4, 0.5) is 0 Å². The number of aromatic carboxylic acids is 1. The molecule has 0 aliphatic rings. The Bertz CT molecular complexity index is 841. The Morgan fingerprint density at radius 3 is 2.59 bits per heavy atom. The van der Waals surface area contributed by atoms with Crippen LogP contribution in [-0.2, 0) is 0 Å². The first-order chi connectivity index (χ1) is 10.5. The molecular formula is C16H12ClN3O2. The zero-order chi connectivity index (χ0) is 15.7. The summed E-state index contributed by atoms with van der Waals surface area (Å²) < 4.78 is 1.60. The Hall–Kier alpha value is -2.66. The lowest BCUT2D eigenvalue weighted by atomic mass is 10.1. The van der Waals surface area contributed by atoms with Crippen LogP contribution < -0.4 is 0 Å². The maximum absolute atomic E-state index is 10.9. The van der Waals surface area contributed by atoms with Crippen LogP contribution in [-0.4, -0.2) is 26.1 Å². The highest BCUT2D eigenvalue weighted by molar-refractivity contribution is 6.30. The molecular weight excluding hydrogens is 302 g/mol. The van der Waals surface area contributed by atoms with Crippen molar-refractivity contribution in [2.75, 3.05) is 0 Å². The van der Waals surface area contributed by atoms with E-state index in [0.717, 1.165) is 16.8 Å². The van der Waals surface area contributed by atoms with Gasteiger partial charge in [-0.05, 0) is 48.9 Å². The molecule has 0 amide bonds. The molecule has 0 radical (unpaired) electrons. The zero-order valence-corrected chi connectivity index (χ0v) is 12.4. The average molecular weight is 314 g/mol. The van der Waals surface area contributed by atoms with E-state index in [9.17, 15) is 4.79 Å². The summed E-state index contributed by atoms with van der Waals surface area (Å²) in [7, 11) is 0. The lowest BCUT2D eigenvalue weighted by Gasteiger charge is -2.02. The molecule has 22 heavy (non-hydrogen) atoms. The predicted octanol–water partition coefficient (Wildman–Crippen LogP) is 3.59. The number of nitrogens with zero attached hydrogens (tertiary/aromatic N) is 3. The van der Waals surface area contributed by atoms with Crippen LogP contribution in [0.25, 0.3) is 16.9 Å². The standard InChI is InChI=1S/C16H12ClN3O2/c1-10-2-5-12(17)8-14(10)15-9-20(19-18-15)13-6-3-11(4-7-13)16(21)22/h2-9H,1H3,(H,21,22). The third kappa shape index (κ3) is 2.71. The van der Waals surface area contributed by atoms with Crippen molar-refractivity contribution < 1.29 is 9.90 Å². The molecule has 0 aliphatic carbocycles. The van der Waals surface area contributed by atoms with Crippen molar-refractivity contribution in [3.63, 3.8) is 0 Å². The number of aryl methyl sites for hydroxylation is 1. The summed E-state index contributed by atoms with van der Waals surface area (Å²) in [6.07, 6.45) is 1.79. The van der Waals surface area contributed by atoms with Crippen molar-refractivity contribution in [1.82, 2.24) is 15.0 Å². The second kappa shape index (κ2) is 5.61. The summed E-state index contributed by atoms with van der Waals surface area (Å²) in [5, 5.41) is 17.8. The van der Waals surface area contributed by atoms with Crippen molar-refractivity contribution in [2.45, 2.75) is 6.92 Å². The molecule has 0 saturated carbocycles. The normalized spacial score (nSPS) is 10.6. The Kier molecular flexibility index (Phi) is 3.65. The highest BCUT2D eigenvalue weighted by Gasteiger charge is 2.09. The summed E-state index contributed by atoms with van der Waals surface area (Å²) in [4.78, 5) is 10.9. The number of hydrogen-bond acceptors (Lipinski definition) is 3. The van der Waals surface area contributed by atoms with E-state index in [2.05, 4.69) is 10.3 Å². The van der Waals surface area contributed by atoms with Crippen molar-refractivity contribution in [3.8, 4) is 16.9 Å². The molecule has 0 atom stereocenters. The molecule has 1 aromatic heterocycles. The van der Waals surface area contributed by atoms with E-state index in [4.69, 9.17) is 16.7 Å². The van der Waals surface area contributed by atoms with Crippen molar-refractivity contribution in [1.29, 1.82) is 0 Å². The van der Waals surface area contributed by atoms with E-state index in [1.807, 2.05) is 25.1 Å². The molecule has 1 heterocycles. The highest BCUT2D eigenvalue weighted by Crippen LogP contribution is 2.25. The molecule has 110 valence electrons. The highest BCUT2D eigenvalue weighted by atomic mass is 35.5. The number of carbonyl (C=O) groups is 1. The zero-order valence-electron chi connectivity index (χ0n) is 11.7. The summed E-state index contributed by atoms with van der Waals surface area (Å²) in [6.45, 7) is 1.98. The summed E-state index contributed by atoms with van der Waals surface area (Å²) in [6, 6.07) is 12.0. The van der Waals surface area contributed by atoms with Gasteiger partial charge in [-0.25, -0.2) is 9.48 Å². The van der Waals surface area contributed by atoms with Gasteiger partial charge in [-0.2, -0.15) is 0 Å². The van der Waals surface area contributed by atoms with Crippen molar-refractivity contribution in [2.24, 2.45) is 0 Å². The number of carboxylic acids is 1. The maximum Gasteiger partial charge on any atom is 0.335 e. The fourth-order valence-electron chi connectivity index (χ4n) is 2.14. The topological polar surface area (TPSA) is 68.0 Å². The fourth-order valence-corrected chi connectivity index (χ4v) is 2.31. The van der Waals surface area contributed by atoms with Gasteiger partial charge in [0.15, 0.2) is 0 Å². The van der Waals surface area contributed by atoms with E-state index in [-0.39, 0.29) is 5.56 Å². The van der Waals surface area contributed by atoms with Gasteiger partial charge in [-0.3, -0.25) is 0 Å². The van der Waals surface area contributed by atoms with Crippen LogP contribution in [0, 0.1) is 6.92 Å². The number of halogens is 1. The quantitative estimate of drug-likeness (QED) is 0.802. The molecule has 2 aromatic carbocycles. The van der Waals surface area contributed by atoms with Crippen molar-refractivity contribution in [3.05, 3.63) is 64.8 Å². The first-order valence-corrected chi connectivity index (χ1v) is 6.95. The minimum atomic E-state index is -0.958. The number of benzene rings is 2. The lowest BCUT2D eigenvalue weighted by molar-refractivity contribution is 0.0697. The molecule has 6 heteroatoms. The molecule has 0 saturated heterocycles. The van der Waals surface area contributed by atoms with Gasteiger partial charge in [0.05, 0.1) is 17.4 Å². The Morgan fingerprint density at radius 1 is 1.18 bits per heavy atom. The van der Waals surface area contributed by atoms with Gasteiger partial charge in [0.2, 0.25) is 0 Å². The first kappa shape index (κ1) is 14.3. The number of hydrogen-bond donors (Lipinski definition) is 1. The third-order valence-electron chi connectivity index (χ3n) is 3.35. The van der Waals surface area contributed by atoms with Crippen molar-refractivity contribution >= 4 is 17.6 Å². The van der Waals surface area contributed by atoms with E-state index >= 15 is 0 Å². The van der Waals surface area contributed by atoms with E-state index in [0.29, 0.717) is 10.7 Å². The van der Waals surface area contributed by atoms with E-state index in [1.165, 1.54) is 12.1 Å². The third-order valence-corrected chi connectivity index (χ3v) is 3.58. The molecule has 0 aliphatic heterocycles. The second-order valence-electron chi connectivity index (χ2n) is 4.86. The number of rotatable bonds is 3. The van der Waals surface area contributed by atoms with E-state index < -0.39 is 5.97 Å². The Labute approximate surface area is 131 Å².